The highest BCUT2D eigenvalue weighted by molar-refractivity contribution is 6.35. The lowest BCUT2D eigenvalue weighted by molar-refractivity contribution is 0.0730. The van der Waals surface area contributed by atoms with Crippen molar-refractivity contribution in [3.8, 4) is 0 Å². The fourth-order valence-electron chi connectivity index (χ4n) is 2.55. The van der Waals surface area contributed by atoms with Gasteiger partial charge in [-0.05, 0) is 24.6 Å². The molecule has 2 unspecified atom stereocenters. The summed E-state index contributed by atoms with van der Waals surface area (Å²) in [5.41, 5.74) is 1.89. The third-order valence-electron chi connectivity index (χ3n) is 3.50. The third-order valence-corrected chi connectivity index (χ3v) is 3.83. The summed E-state index contributed by atoms with van der Waals surface area (Å²) in [5.74, 6) is 0.149. The maximum Gasteiger partial charge on any atom is 0.0896 e. The van der Waals surface area contributed by atoms with E-state index in [2.05, 4.69) is 4.98 Å². The van der Waals surface area contributed by atoms with Gasteiger partial charge in [0.1, 0.15) is 0 Å². The minimum atomic E-state index is -0.0790. The average Bonchev–Trinajstić information content (AvgIpc) is 2.88. The van der Waals surface area contributed by atoms with Crippen LogP contribution in [-0.2, 0) is 4.74 Å². The summed E-state index contributed by atoms with van der Waals surface area (Å²) in [5, 5.41) is 11.0. The molecule has 2 atom stereocenters. The maximum absolute atomic E-state index is 9.40. The second kappa shape index (κ2) is 4.84. The van der Waals surface area contributed by atoms with E-state index in [1.54, 1.807) is 6.20 Å². The molecule has 0 spiro atoms. The van der Waals surface area contributed by atoms with Crippen molar-refractivity contribution in [2.45, 2.75) is 12.5 Å². The van der Waals surface area contributed by atoms with Crippen LogP contribution in [0.5, 0.6) is 0 Å². The first-order valence-corrected chi connectivity index (χ1v) is 6.44. The highest BCUT2D eigenvalue weighted by Gasteiger charge is 2.30. The Morgan fingerprint density at radius 3 is 3.11 bits per heavy atom. The number of aliphatic hydroxyl groups is 1. The highest BCUT2D eigenvalue weighted by atomic mass is 35.5. The van der Waals surface area contributed by atoms with E-state index < -0.39 is 0 Å². The number of ether oxygens (including phenoxy) is 1. The van der Waals surface area contributed by atoms with Gasteiger partial charge in [0.25, 0.3) is 0 Å². The van der Waals surface area contributed by atoms with Gasteiger partial charge in [-0.25, -0.2) is 0 Å². The van der Waals surface area contributed by atoms with Crippen molar-refractivity contribution >= 4 is 22.5 Å². The molecule has 0 saturated carbocycles. The van der Waals surface area contributed by atoms with Gasteiger partial charge in [-0.2, -0.15) is 0 Å². The molecule has 1 aromatic carbocycles. The molecule has 18 heavy (non-hydrogen) atoms. The number of aliphatic hydroxyl groups excluding tert-OH is 1. The zero-order valence-electron chi connectivity index (χ0n) is 9.84. The van der Waals surface area contributed by atoms with Crippen LogP contribution in [-0.4, -0.2) is 23.3 Å². The number of aromatic nitrogens is 1. The lowest BCUT2D eigenvalue weighted by Gasteiger charge is -2.18. The van der Waals surface area contributed by atoms with E-state index in [-0.39, 0.29) is 18.6 Å². The fraction of sp³-hybridized carbons (Fsp3) is 0.357. The molecular weight excluding hydrogens is 250 g/mol. The van der Waals surface area contributed by atoms with Gasteiger partial charge >= 0.3 is 0 Å². The van der Waals surface area contributed by atoms with Gasteiger partial charge in [-0.3, -0.25) is 4.98 Å². The molecule has 94 valence electrons. The first-order chi connectivity index (χ1) is 8.81. The molecule has 1 N–H and O–H groups in total. The summed E-state index contributed by atoms with van der Waals surface area (Å²) >= 11 is 6.18. The Kier molecular flexibility index (Phi) is 3.20. The first kappa shape index (κ1) is 11.9. The fourth-order valence-corrected chi connectivity index (χ4v) is 2.77. The molecule has 0 aliphatic carbocycles. The third kappa shape index (κ3) is 1.88. The number of benzene rings is 1. The second-order valence-electron chi connectivity index (χ2n) is 4.56. The van der Waals surface area contributed by atoms with Crippen LogP contribution in [0.25, 0.3) is 10.9 Å². The predicted molar refractivity (Wildman–Crippen MR) is 70.6 cm³/mol. The van der Waals surface area contributed by atoms with Crippen LogP contribution >= 0.6 is 11.6 Å². The molecule has 3 nitrogen and oxygen atoms in total. The van der Waals surface area contributed by atoms with Crippen molar-refractivity contribution in [3.63, 3.8) is 0 Å². The Bertz CT molecular complexity index is 573. The number of fused-ring (bicyclic) bond motifs is 1. The summed E-state index contributed by atoms with van der Waals surface area (Å²) < 4.78 is 5.75. The summed E-state index contributed by atoms with van der Waals surface area (Å²) in [6.07, 6.45) is 2.56. The lowest BCUT2D eigenvalue weighted by Crippen LogP contribution is -2.12. The number of hydrogen-bond acceptors (Lipinski definition) is 3. The topological polar surface area (TPSA) is 42.4 Å². The molecule has 4 heteroatoms. The van der Waals surface area contributed by atoms with Gasteiger partial charge in [-0.15, -0.1) is 0 Å². The van der Waals surface area contributed by atoms with Crippen molar-refractivity contribution in [2.75, 3.05) is 13.2 Å². The van der Waals surface area contributed by atoms with Gasteiger partial charge in [-0.1, -0.05) is 17.7 Å². The second-order valence-corrected chi connectivity index (χ2v) is 4.97. The zero-order valence-corrected chi connectivity index (χ0v) is 10.6. The molecule has 1 aliphatic heterocycles. The molecule has 1 aliphatic rings. The SMILES string of the molecule is OCC1CCOC1c1ccc(Cl)c2cccnc12. The Morgan fingerprint density at radius 1 is 1.39 bits per heavy atom. The molecule has 3 rings (SSSR count). The Hall–Kier alpha value is -1.16. The Morgan fingerprint density at radius 2 is 2.28 bits per heavy atom. The van der Waals surface area contributed by atoms with Crippen LogP contribution in [0.4, 0.5) is 0 Å². The lowest BCUT2D eigenvalue weighted by atomic mass is 9.94. The number of rotatable bonds is 2. The van der Waals surface area contributed by atoms with Crippen molar-refractivity contribution in [1.29, 1.82) is 0 Å². The molecular formula is C14H14ClNO2. The Labute approximate surface area is 110 Å². The zero-order chi connectivity index (χ0) is 12.5. The van der Waals surface area contributed by atoms with E-state index in [9.17, 15) is 5.11 Å². The van der Waals surface area contributed by atoms with E-state index in [0.717, 1.165) is 22.9 Å². The van der Waals surface area contributed by atoms with E-state index in [1.165, 1.54) is 0 Å². The number of halogens is 1. The smallest absolute Gasteiger partial charge is 0.0896 e. The minimum Gasteiger partial charge on any atom is -0.396 e. The van der Waals surface area contributed by atoms with Gasteiger partial charge in [0.15, 0.2) is 0 Å². The van der Waals surface area contributed by atoms with Crippen LogP contribution in [0.2, 0.25) is 5.02 Å². The monoisotopic (exact) mass is 263 g/mol. The predicted octanol–water partition coefficient (Wildman–Crippen LogP) is 2.96. The standard InChI is InChI=1S/C14H14ClNO2/c15-12-4-3-11(13-10(12)2-1-6-16-13)14-9(8-17)5-7-18-14/h1-4,6,9,14,17H,5,7-8H2. The quantitative estimate of drug-likeness (QED) is 0.906. The largest absolute Gasteiger partial charge is 0.396 e. The van der Waals surface area contributed by atoms with Crippen molar-refractivity contribution in [2.24, 2.45) is 5.92 Å². The molecule has 2 heterocycles. The number of pyridine rings is 1. The number of nitrogens with zero attached hydrogens (tertiary/aromatic N) is 1. The van der Waals surface area contributed by atoms with Gasteiger partial charge in [0, 0.05) is 41.3 Å². The summed E-state index contributed by atoms with van der Waals surface area (Å²) in [4.78, 5) is 4.41. The van der Waals surface area contributed by atoms with E-state index in [1.807, 2.05) is 24.3 Å². The normalized spacial score (nSPS) is 23.7. The molecule has 1 fully saturated rings. The van der Waals surface area contributed by atoms with E-state index in [4.69, 9.17) is 16.3 Å². The van der Waals surface area contributed by atoms with Crippen LogP contribution < -0.4 is 0 Å². The summed E-state index contributed by atoms with van der Waals surface area (Å²) in [6, 6.07) is 7.65. The molecule has 0 radical (unpaired) electrons. The van der Waals surface area contributed by atoms with Gasteiger partial charge < -0.3 is 9.84 Å². The van der Waals surface area contributed by atoms with E-state index >= 15 is 0 Å². The first-order valence-electron chi connectivity index (χ1n) is 6.07. The van der Waals surface area contributed by atoms with Crippen molar-refractivity contribution < 1.29 is 9.84 Å². The molecule has 1 aromatic heterocycles. The molecule has 2 aromatic rings. The van der Waals surface area contributed by atoms with Gasteiger partial charge in [0.05, 0.1) is 11.6 Å². The summed E-state index contributed by atoms with van der Waals surface area (Å²) in [7, 11) is 0. The van der Waals surface area contributed by atoms with Crippen LogP contribution in [0.3, 0.4) is 0 Å². The minimum absolute atomic E-state index is 0.0790. The van der Waals surface area contributed by atoms with Crippen LogP contribution in [0.1, 0.15) is 18.1 Å². The van der Waals surface area contributed by atoms with Crippen molar-refractivity contribution in [3.05, 3.63) is 41.0 Å². The van der Waals surface area contributed by atoms with Crippen LogP contribution in [0, 0.1) is 5.92 Å². The van der Waals surface area contributed by atoms with Crippen LogP contribution in [0.15, 0.2) is 30.5 Å². The Balaban J connectivity index is 2.15. The highest BCUT2D eigenvalue weighted by Crippen LogP contribution is 2.38. The van der Waals surface area contributed by atoms with Crippen molar-refractivity contribution in [1.82, 2.24) is 4.98 Å². The molecule has 1 saturated heterocycles. The maximum atomic E-state index is 9.40. The summed E-state index contributed by atoms with van der Waals surface area (Å²) in [6.45, 7) is 0.828. The molecule has 0 amide bonds. The van der Waals surface area contributed by atoms with Gasteiger partial charge in [0.2, 0.25) is 0 Å². The average molecular weight is 264 g/mol. The molecule has 0 bridgehead atoms. The number of hydrogen-bond donors (Lipinski definition) is 1. The van der Waals surface area contributed by atoms with E-state index in [0.29, 0.717) is 11.6 Å².